The van der Waals surface area contributed by atoms with Crippen molar-refractivity contribution in [1.82, 2.24) is 9.78 Å². The first-order chi connectivity index (χ1) is 9.22. The van der Waals surface area contributed by atoms with Crippen LogP contribution in [0.25, 0.3) is 0 Å². The minimum Gasteiger partial charge on any atom is -0.394 e. The van der Waals surface area contributed by atoms with Crippen LogP contribution in [0.15, 0.2) is 0 Å². The summed E-state index contributed by atoms with van der Waals surface area (Å²) < 4.78 is 2.10. The summed E-state index contributed by atoms with van der Waals surface area (Å²) in [5, 5.41) is 4.58. The molecule has 106 valence electrons. The van der Waals surface area contributed by atoms with Crippen LogP contribution in [0.5, 0.6) is 0 Å². The number of aryl methyl sites for hydroxylation is 2. The van der Waals surface area contributed by atoms with E-state index in [0.29, 0.717) is 6.04 Å². The zero-order chi connectivity index (χ0) is 13.4. The van der Waals surface area contributed by atoms with Gasteiger partial charge in [0.1, 0.15) is 0 Å². The van der Waals surface area contributed by atoms with Gasteiger partial charge in [-0.1, -0.05) is 12.8 Å². The first kappa shape index (κ1) is 12.8. The first-order valence-electron chi connectivity index (χ1n) is 7.82. The second-order valence-corrected chi connectivity index (χ2v) is 6.09. The van der Waals surface area contributed by atoms with Crippen molar-refractivity contribution in [3.63, 3.8) is 0 Å². The van der Waals surface area contributed by atoms with Crippen LogP contribution in [0.4, 0.5) is 11.5 Å². The standard InChI is InChI=1S/C15H26N4/c1-3-19-15(14(16)11(2)17-19)18-10-6-9-13(18)12-7-4-5-8-12/h12-13H,3-10,16H2,1-2H3. The molecule has 1 saturated carbocycles. The average molecular weight is 262 g/mol. The van der Waals surface area contributed by atoms with Crippen LogP contribution in [0.2, 0.25) is 0 Å². The molecule has 0 spiro atoms. The summed E-state index contributed by atoms with van der Waals surface area (Å²) in [4.78, 5) is 2.56. The fourth-order valence-corrected chi connectivity index (χ4v) is 3.99. The van der Waals surface area contributed by atoms with Crippen molar-refractivity contribution in [2.45, 2.75) is 65.0 Å². The van der Waals surface area contributed by atoms with E-state index < -0.39 is 0 Å². The molecule has 1 aliphatic carbocycles. The third-order valence-corrected chi connectivity index (χ3v) is 4.96. The molecule has 1 aliphatic heterocycles. The zero-order valence-electron chi connectivity index (χ0n) is 12.2. The van der Waals surface area contributed by atoms with Gasteiger partial charge in [0.25, 0.3) is 0 Å². The van der Waals surface area contributed by atoms with Gasteiger partial charge < -0.3 is 10.6 Å². The lowest BCUT2D eigenvalue weighted by molar-refractivity contribution is 0.425. The summed E-state index contributed by atoms with van der Waals surface area (Å²) in [5.41, 5.74) is 8.17. The maximum absolute atomic E-state index is 6.29. The number of hydrogen-bond acceptors (Lipinski definition) is 3. The maximum atomic E-state index is 6.29. The molecule has 1 aromatic rings. The number of nitrogen functional groups attached to an aromatic ring is 1. The summed E-state index contributed by atoms with van der Waals surface area (Å²) in [6.07, 6.45) is 8.26. The molecular weight excluding hydrogens is 236 g/mol. The van der Waals surface area contributed by atoms with Crippen molar-refractivity contribution in [2.24, 2.45) is 5.92 Å². The maximum Gasteiger partial charge on any atom is 0.150 e. The van der Waals surface area contributed by atoms with Gasteiger partial charge in [-0.05, 0) is 45.4 Å². The highest BCUT2D eigenvalue weighted by Gasteiger charge is 2.35. The van der Waals surface area contributed by atoms with Crippen molar-refractivity contribution in [3.05, 3.63) is 5.69 Å². The molecule has 1 atom stereocenters. The van der Waals surface area contributed by atoms with E-state index in [-0.39, 0.29) is 0 Å². The van der Waals surface area contributed by atoms with Gasteiger partial charge in [0, 0.05) is 19.1 Å². The van der Waals surface area contributed by atoms with Gasteiger partial charge in [-0.3, -0.25) is 0 Å². The Labute approximate surface area is 116 Å². The number of anilines is 2. The van der Waals surface area contributed by atoms with Crippen molar-refractivity contribution in [2.75, 3.05) is 17.2 Å². The van der Waals surface area contributed by atoms with Gasteiger partial charge in [0.2, 0.25) is 0 Å². The lowest BCUT2D eigenvalue weighted by Crippen LogP contribution is -2.36. The SMILES string of the molecule is CCn1nc(C)c(N)c1N1CCCC1C1CCCC1. The Hall–Kier alpha value is -1.19. The molecule has 1 saturated heterocycles. The third-order valence-electron chi connectivity index (χ3n) is 4.96. The molecule has 4 nitrogen and oxygen atoms in total. The fourth-order valence-electron chi connectivity index (χ4n) is 3.99. The van der Waals surface area contributed by atoms with Crippen LogP contribution in [0.3, 0.4) is 0 Å². The van der Waals surface area contributed by atoms with Crippen molar-refractivity contribution in [1.29, 1.82) is 0 Å². The van der Waals surface area contributed by atoms with Gasteiger partial charge >= 0.3 is 0 Å². The lowest BCUT2D eigenvalue weighted by Gasteiger charge is -2.31. The molecule has 0 amide bonds. The summed E-state index contributed by atoms with van der Waals surface area (Å²) in [6, 6.07) is 0.700. The minimum absolute atomic E-state index is 0.700. The third kappa shape index (κ3) is 2.11. The molecule has 1 unspecified atom stereocenters. The Morgan fingerprint density at radius 2 is 1.95 bits per heavy atom. The number of nitrogens with two attached hydrogens (primary N) is 1. The number of hydrogen-bond donors (Lipinski definition) is 1. The van der Waals surface area contributed by atoms with Crippen LogP contribution < -0.4 is 10.6 Å². The van der Waals surface area contributed by atoms with Crippen LogP contribution >= 0.6 is 0 Å². The van der Waals surface area contributed by atoms with Crippen molar-refractivity contribution < 1.29 is 0 Å². The molecule has 4 heteroatoms. The molecule has 0 radical (unpaired) electrons. The molecule has 19 heavy (non-hydrogen) atoms. The Kier molecular flexibility index (Phi) is 3.42. The number of rotatable bonds is 3. The highest BCUT2D eigenvalue weighted by Crippen LogP contribution is 2.40. The monoisotopic (exact) mass is 262 g/mol. The molecule has 2 heterocycles. The molecule has 3 rings (SSSR count). The summed E-state index contributed by atoms with van der Waals surface area (Å²) in [6.45, 7) is 6.22. The molecule has 2 fully saturated rings. The summed E-state index contributed by atoms with van der Waals surface area (Å²) in [7, 11) is 0. The van der Waals surface area contributed by atoms with E-state index in [1.165, 1.54) is 44.3 Å². The van der Waals surface area contributed by atoms with E-state index in [9.17, 15) is 0 Å². The second-order valence-electron chi connectivity index (χ2n) is 6.09. The van der Waals surface area contributed by atoms with Gasteiger partial charge in [0.05, 0.1) is 11.4 Å². The van der Waals surface area contributed by atoms with Gasteiger partial charge in [-0.15, -0.1) is 0 Å². The van der Waals surface area contributed by atoms with E-state index in [1.54, 1.807) is 0 Å². The predicted octanol–water partition coefficient (Wildman–Crippen LogP) is 2.95. The van der Waals surface area contributed by atoms with Crippen molar-refractivity contribution >= 4 is 11.5 Å². The Bertz CT molecular complexity index is 445. The molecule has 0 bridgehead atoms. The average Bonchev–Trinajstić information content (AvgIpc) is 3.10. The highest BCUT2D eigenvalue weighted by atomic mass is 15.4. The van der Waals surface area contributed by atoms with E-state index >= 15 is 0 Å². The van der Waals surface area contributed by atoms with Crippen molar-refractivity contribution in [3.8, 4) is 0 Å². The Balaban J connectivity index is 1.91. The number of aromatic nitrogens is 2. The largest absolute Gasteiger partial charge is 0.394 e. The summed E-state index contributed by atoms with van der Waals surface area (Å²) >= 11 is 0. The fraction of sp³-hybridized carbons (Fsp3) is 0.800. The zero-order valence-corrected chi connectivity index (χ0v) is 12.2. The van der Waals surface area contributed by atoms with Crippen LogP contribution in [0.1, 0.15) is 51.1 Å². The molecular formula is C15H26N4. The van der Waals surface area contributed by atoms with E-state index in [1.807, 2.05) is 6.92 Å². The molecule has 1 aromatic heterocycles. The van der Waals surface area contributed by atoms with Gasteiger partial charge in [-0.2, -0.15) is 5.10 Å². The molecule has 2 aliphatic rings. The van der Waals surface area contributed by atoms with E-state index in [2.05, 4.69) is 21.6 Å². The van der Waals surface area contributed by atoms with Crippen LogP contribution in [-0.4, -0.2) is 22.4 Å². The Morgan fingerprint density at radius 1 is 1.21 bits per heavy atom. The second kappa shape index (κ2) is 5.06. The highest BCUT2D eigenvalue weighted by molar-refractivity contribution is 5.67. The summed E-state index contributed by atoms with van der Waals surface area (Å²) in [5.74, 6) is 2.07. The Morgan fingerprint density at radius 3 is 2.63 bits per heavy atom. The van der Waals surface area contributed by atoms with Crippen LogP contribution in [-0.2, 0) is 6.54 Å². The predicted molar refractivity (Wildman–Crippen MR) is 79.4 cm³/mol. The smallest absolute Gasteiger partial charge is 0.150 e. The molecule has 2 N–H and O–H groups in total. The van der Waals surface area contributed by atoms with Gasteiger partial charge in [-0.25, -0.2) is 4.68 Å². The first-order valence-corrected chi connectivity index (χ1v) is 7.82. The van der Waals surface area contributed by atoms with Crippen LogP contribution in [0, 0.1) is 12.8 Å². The quantitative estimate of drug-likeness (QED) is 0.911. The normalized spacial score (nSPS) is 24.5. The van der Waals surface area contributed by atoms with E-state index in [4.69, 9.17) is 5.73 Å². The topological polar surface area (TPSA) is 47.1 Å². The van der Waals surface area contributed by atoms with Gasteiger partial charge in [0.15, 0.2) is 5.82 Å². The lowest BCUT2D eigenvalue weighted by atomic mass is 9.96. The van der Waals surface area contributed by atoms with E-state index in [0.717, 1.165) is 30.4 Å². The number of nitrogens with zero attached hydrogens (tertiary/aromatic N) is 3. The molecule has 0 aromatic carbocycles. The minimum atomic E-state index is 0.700.